The highest BCUT2D eigenvalue weighted by atomic mass is 32.1. The van der Waals surface area contributed by atoms with E-state index in [1.54, 1.807) is 12.1 Å². The summed E-state index contributed by atoms with van der Waals surface area (Å²) in [4.78, 5) is 24.7. The van der Waals surface area contributed by atoms with Crippen LogP contribution >= 0.6 is 11.3 Å². The lowest BCUT2D eigenvalue weighted by Gasteiger charge is -2.10. The summed E-state index contributed by atoms with van der Waals surface area (Å²) in [5.74, 6) is 0.766. The van der Waals surface area contributed by atoms with E-state index in [9.17, 15) is 9.59 Å². The molecule has 0 aliphatic carbocycles. The molecule has 0 unspecified atom stereocenters. The summed E-state index contributed by atoms with van der Waals surface area (Å²) < 4.78 is 11.6. The molecule has 2 amide bonds. The van der Waals surface area contributed by atoms with Gasteiger partial charge >= 0.3 is 0 Å². The van der Waals surface area contributed by atoms with Crippen LogP contribution in [0.5, 0.6) is 11.5 Å². The monoisotopic (exact) mass is 529 g/mol. The van der Waals surface area contributed by atoms with Crippen LogP contribution in [0.25, 0.3) is 0 Å². The number of carbonyl (C=O) groups excluding carboxylic acids is 2. The van der Waals surface area contributed by atoms with Gasteiger partial charge in [0.15, 0.2) is 0 Å². The fourth-order valence-corrected chi connectivity index (χ4v) is 4.07. The van der Waals surface area contributed by atoms with Crippen LogP contribution in [0.3, 0.4) is 0 Å². The van der Waals surface area contributed by atoms with Crippen LogP contribution in [-0.2, 0) is 11.2 Å². The zero-order chi connectivity index (χ0) is 26.7. The van der Waals surface area contributed by atoms with Gasteiger partial charge in [0, 0.05) is 11.1 Å². The first-order valence-electron chi connectivity index (χ1n) is 11.9. The highest BCUT2D eigenvalue weighted by Crippen LogP contribution is 2.18. The number of carbonyl (C=O) groups is 2. The van der Waals surface area contributed by atoms with Crippen molar-refractivity contribution in [1.29, 1.82) is 0 Å². The fraction of sp³-hybridized carbons (Fsp3) is 0.179. The molecular weight excluding hydrogens is 502 g/mol. The molecule has 2 N–H and O–H groups in total. The second-order valence-corrected chi connectivity index (χ2v) is 9.40. The number of ether oxygens (including phenoxy) is 2. The van der Waals surface area contributed by atoms with Crippen molar-refractivity contribution in [3.63, 3.8) is 0 Å². The maximum atomic E-state index is 12.3. The number of hydrazone groups is 1. The average molecular weight is 530 g/mol. The molecule has 1 aromatic heterocycles. The van der Waals surface area contributed by atoms with Gasteiger partial charge in [-0.05, 0) is 55.8 Å². The van der Waals surface area contributed by atoms with E-state index < -0.39 is 0 Å². The fourth-order valence-electron chi connectivity index (χ4n) is 3.34. The van der Waals surface area contributed by atoms with Crippen molar-refractivity contribution in [1.82, 2.24) is 15.6 Å². The molecule has 0 radical (unpaired) electrons. The van der Waals surface area contributed by atoms with Crippen LogP contribution in [-0.4, -0.2) is 41.4 Å². The van der Waals surface area contributed by atoms with Crippen LogP contribution in [0.4, 0.5) is 5.13 Å². The first-order chi connectivity index (χ1) is 18.5. The summed E-state index contributed by atoms with van der Waals surface area (Å²) >= 11 is 1.13. The smallest absolute Gasteiger partial charge is 0.257 e. The minimum absolute atomic E-state index is 0.0240. The van der Waals surface area contributed by atoms with E-state index in [4.69, 9.17) is 9.47 Å². The highest BCUT2D eigenvalue weighted by Gasteiger charge is 2.12. The summed E-state index contributed by atoms with van der Waals surface area (Å²) in [7, 11) is 0. The third-order valence-corrected chi connectivity index (χ3v) is 6.06. The van der Waals surface area contributed by atoms with E-state index in [1.165, 1.54) is 6.21 Å². The van der Waals surface area contributed by atoms with Gasteiger partial charge in [0.1, 0.15) is 29.7 Å². The van der Waals surface area contributed by atoms with Crippen molar-refractivity contribution in [2.24, 2.45) is 5.10 Å². The molecule has 0 saturated heterocycles. The molecule has 194 valence electrons. The SMILES string of the molecule is Cc1ccc(C(=O)Nc2nnc(CC(=O)N/N=C/c3ccccc3OCCOc3cccc(C)c3)s2)cc1. The molecule has 10 heteroatoms. The Hall–Kier alpha value is -4.57. The van der Waals surface area contributed by atoms with Crippen LogP contribution in [0.2, 0.25) is 0 Å². The van der Waals surface area contributed by atoms with E-state index in [-0.39, 0.29) is 18.2 Å². The molecule has 0 bridgehead atoms. The molecule has 3 aromatic carbocycles. The van der Waals surface area contributed by atoms with Crippen molar-refractivity contribution in [3.8, 4) is 11.5 Å². The Morgan fingerprint density at radius 2 is 1.71 bits per heavy atom. The lowest BCUT2D eigenvalue weighted by molar-refractivity contribution is -0.120. The van der Waals surface area contributed by atoms with Gasteiger partial charge in [0.2, 0.25) is 11.0 Å². The van der Waals surface area contributed by atoms with Gasteiger partial charge in [0.25, 0.3) is 5.91 Å². The maximum absolute atomic E-state index is 12.3. The number of para-hydroxylation sites is 1. The van der Waals surface area contributed by atoms with E-state index in [0.717, 1.165) is 28.2 Å². The van der Waals surface area contributed by atoms with Crippen LogP contribution < -0.4 is 20.2 Å². The lowest BCUT2D eigenvalue weighted by atomic mass is 10.1. The molecule has 0 atom stereocenters. The number of hydrogen-bond donors (Lipinski definition) is 2. The Labute approximate surface area is 224 Å². The van der Waals surface area contributed by atoms with Gasteiger partial charge in [-0.25, -0.2) is 5.43 Å². The predicted octanol–water partition coefficient (Wildman–Crippen LogP) is 4.56. The van der Waals surface area contributed by atoms with E-state index in [0.29, 0.717) is 40.2 Å². The standard InChI is InChI=1S/C28H27N5O4S/c1-19-10-12-21(13-11-19)27(35)30-28-33-32-26(38-28)17-25(34)31-29-18-22-7-3-4-9-24(22)37-15-14-36-23-8-5-6-20(2)16-23/h3-13,16,18H,14-15,17H2,1-2H3,(H,31,34)(H,30,33,35)/b29-18+. The molecule has 9 nitrogen and oxygen atoms in total. The minimum Gasteiger partial charge on any atom is -0.490 e. The molecule has 1 heterocycles. The summed E-state index contributed by atoms with van der Waals surface area (Å²) in [6.07, 6.45) is 1.49. The zero-order valence-corrected chi connectivity index (χ0v) is 21.8. The van der Waals surface area contributed by atoms with Crippen LogP contribution in [0.15, 0.2) is 77.9 Å². The maximum Gasteiger partial charge on any atom is 0.257 e. The second kappa shape index (κ2) is 13.1. The van der Waals surface area contributed by atoms with Gasteiger partial charge in [-0.15, -0.1) is 10.2 Å². The lowest BCUT2D eigenvalue weighted by Crippen LogP contribution is -2.19. The predicted molar refractivity (Wildman–Crippen MR) is 147 cm³/mol. The Morgan fingerprint density at radius 1 is 0.921 bits per heavy atom. The number of amides is 2. The van der Waals surface area contributed by atoms with Gasteiger partial charge < -0.3 is 9.47 Å². The molecule has 0 aliphatic heterocycles. The zero-order valence-electron chi connectivity index (χ0n) is 21.0. The largest absolute Gasteiger partial charge is 0.490 e. The Morgan fingerprint density at radius 3 is 2.53 bits per heavy atom. The number of nitrogens with one attached hydrogen (secondary N) is 2. The molecular formula is C28H27N5O4S. The molecule has 0 aliphatic rings. The number of benzene rings is 3. The van der Waals surface area contributed by atoms with Gasteiger partial charge in [0.05, 0.1) is 12.6 Å². The van der Waals surface area contributed by atoms with Gasteiger partial charge in [-0.3, -0.25) is 14.9 Å². The van der Waals surface area contributed by atoms with E-state index in [1.807, 2.05) is 74.5 Å². The quantitative estimate of drug-likeness (QED) is 0.167. The summed E-state index contributed by atoms with van der Waals surface area (Å²) in [5.41, 5.74) is 5.90. The molecule has 38 heavy (non-hydrogen) atoms. The first kappa shape index (κ1) is 26.5. The van der Waals surface area contributed by atoms with Crippen molar-refractivity contribution in [3.05, 3.63) is 100 Å². The number of aromatic nitrogens is 2. The van der Waals surface area contributed by atoms with Crippen molar-refractivity contribution >= 4 is 34.5 Å². The Kier molecular flexibility index (Phi) is 9.14. The number of anilines is 1. The number of hydrogen-bond acceptors (Lipinski definition) is 8. The number of rotatable bonds is 11. The molecule has 4 rings (SSSR count). The Bertz CT molecular complexity index is 1420. The normalized spacial score (nSPS) is 10.8. The first-order valence-corrected chi connectivity index (χ1v) is 12.7. The van der Waals surface area contributed by atoms with Gasteiger partial charge in [-0.2, -0.15) is 5.10 Å². The summed E-state index contributed by atoms with van der Waals surface area (Å²) in [6, 6.07) is 22.4. The molecule has 0 saturated carbocycles. The van der Waals surface area contributed by atoms with Gasteiger partial charge in [-0.1, -0.05) is 53.3 Å². The van der Waals surface area contributed by atoms with Crippen molar-refractivity contribution in [2.45, 2.75) is 20.3 Å². The van der Waals surface area contributed by atoms with Crippen LogP contribution in [0.1, 0.15) is 32.1 Å². The van der Waals surface area contributed by atoms with E-state index >= 15 is 0 Å². The molecule has 0 spiro atoms. The summed E-state index contributed by atoms with van der Waals surface area (Å²) in [6.45, 7) is 4.70. The van der Waals surface area contributed by atoms with E-state index in [2.05, 4.69) is 26.0 Å². The van der Waals surface area contributed by atoms with Crippen LogP contribution in [0, 0.1) is 13.8 Å². The summed E-state index contributed by atoms with van der Waals surface area (Å²) in [5, 5.41) is 15.4. The number of aryl methyl sites for hydroxylation is 2. The molecule has 0 fully saturated rings. The minimum atomic E-state index is -0.362. The van der Waals surface area contributed by atoms with Crippen molar-refractivity contribution < 1.29 is 19.1 Å². The average Bonchev–Trinajstić information content (AvgIpc) is 3.34. The molecule has 4 aromatic rings. The highest BCUT2D eigenvalue weighted by molar-refractivity contribution is 7.15. The third kappa shape index (κ3) is 7.97. The van der Waals surface area contributed by atoms with Crippen molar-refractivity contribution in [2.75, 3.05) is 18.5 Å². The number of nitrogens with zero attached hydrogens (tertiary/aromatic N) is 3. The second-order valence-electron chi connectivity index (χ2n) is 8.34. The third-order valence-electron chi connectivity index (χ3n) is 5.22. The Balaban J connectivity index is 1.23. The topological polar surface area (TPSA) is 115 Å².